The summed E-state index contributed by atoms with van der Waals surface area (Å²) >= 11 is 0. The molecule has 118 valence electrons. The normalized spacial score (nSPS) is 15.4. The fourth-order valence-corrected chi connectivity index (χ4v) is 2.22. The van der Waals surface area contributed by atoms with Gasteiger partial charge in [-0.3, -0.25) is 4.79 Å². The molecule has 5 nitrogen and oxygen atoms in total. The minimum atomic E-state index is -0.985. The van der Waals surface area contributed by atoms with Gasteiger partial charge in [-0.05, 0) is 23.5 Å². The fraction of sp³-hybridized carbons (Fsp3) is 0.562. The van der Waals surface area contributed by atoms with E-state index >= 15 is 0 Å². The van der Waals surface area contributed by atoms with Gasteiger partial charge in [-0.2, -0.15) is 0 Å². The summed E-state index contributed by atoms with van der Waals surface area (Å²) < 4.78 is 0. The zero-order valence-electron chi connectivity index (χ0n) is 12.6. The molecule has 0 heterocycles. The Morgan fingerprint density at radius 3 is 2.29 bits per heavy atom. The molecule has 3 unspecified atom stereocenters. The third-order valence-corrected chi connectivity index (χ3v) is 3.75. The molecule has 1 aromatic carbocycles. The molecule has 3 atom stereocenters. The van der Waals surface area contributed by atoms with Gasteiger partial charge in [0.25, 0.3) is 0 Å². The van der Waals surface area contributed by atoms with E-state index in [9.17, 15) is 9.90 Å². The minimum Gasteiger partial charge on any atom is -0.481 e. The van der Waals surface area contributed by atoms with Crippen molar-refractivity contribution in [2.75, 3.05) is 13.2 Å². The maximum Gasteiger partial charge on any atom is 0.305 e. The largest absolute Gasteiger partial charge is 0.481 e. The number of carbonyl (C=O) groups is 1. The van der Waals surface area contributed by atoms with Crippen molar-refractivity contribution in [2.45, 2.75) is 44.8 Å². The standard InChI is InChI=1S/C16H25NO4/c1-3-11(2)12-4-6-13(7-5-12)16(21)14(10-15(19)20)17-8-9-18/h4-7,11,14,16-18,21H,3,8-10H2,1-2H3,(H,19,20). The SMILES string of the molecule is CCC(C)c1ccc(C(O)C(CC(=O)O)NCCO)cc1. The molecule has 0 aliphatic heterocycles. The van der Waals surface area contributed by atoms with Crippen LogP contribution in [0.3, 0.4) is 0 Å². The number of benzene rings is 1. The van der Waals surface area contributed by atoms with Gasteiger partial charge in [0.1, 0.15) is 0 Å². The smallest absolute Gasteiger partial charge is 0.305 e. The van der Waals surface area contributed by atoms with Crippen LogP contribution in [0.4, 0.5) is 0 Å². The first-order chi connectivity index (χ1) is 9.99. The Morgan fingerprint density at radius 1 is 1.24 bits per heavy atom. The lowest BCUT2D eigenvalue weighted by molar-refractivity contribution is -0.138. The maximum atomic E-state index is 10.9. The molecule has 0 saturated carbocycles. The van der Waals surface area contributed by atoms with Crippen molar-refractivity contribution in [2.24, 2.45) is 0 Å². The average Bonchev–Trinajstić information content (AvgIpc) is 2.49. The van der Waals surface area contributed by atoms with E-state index in [0.29, 0.717) is 11.5 Å². The van der Waals surface area contributed by atoms with Crippen molar-refractivity contribution in [1.29, 1.82) is 0 Å². The first kappa shape index (κ1) is 17.6. The van der Waals surface area contributed by atoms with Crippen LogP contribution in [0.1, 0.15) is 49.8 Å². The van der Waals surface area contributed by atoms with Crippen LogP contribution in [-0.4, -0.2) is 40.5 Å². The van der Waals surface area contributed by atoms with Crippen molar-refractivity contribution in [1.82, 2.24) is 5.32 Å². The van der Waals surface area contributed by atoms with E-state index in [0.717, 1.165) is 6.42 Å². The van der Waals surface area contributed by atoms with Gasteiger partial charge in [0, 0.05) is 12.6 Å². The van der Waals surface area contributed by atoms with E-state index in [4.69, 9.17) is 10.2 Å². The van der Waals surface area contributed by atoms with E-state index in [1.165, 1.54) is 5.56 Å². The van der Waals surface area contributed by atoms with Crippen LogP contribution in [0, 0.1) is 0 Å². The Morgan fingerprint density at radius 2 is 1.81 bits per heavy atom. The summed E-state index contributed by atoms with van der Waals surface area (Å²) in [5, 5.41) is 31.0. The second-order valence-electron chi connectivity index (χ2n) is 5.30. The molecule has 0 saturated heterocycles. The first-order valence-electron chi connectivity index (χ1n) is 7.33. The summed E-state index contributed by atoms with van der Waals surface area (Å²) in [5.74, 6) is -0.528. The van der Waals surface area contributed by atoms with Gasteiger partial charge in [0.2, 0.25) is 0 Å². The number of hydrogen-bond acceptors (Lipinski definition) is 4. The van der Waals surface area contributed by atoms with E-state index in [-0.39, 0.29) is 19.6 Å². The van der Waals surface area contributed by atoms with Crippen LogP contribution >= 0.6 is 0 Å². The van der Waals surface area contributed by atoms with Crippen molar-refractivity contribution < 1.29 is 20.1 Å². The van der Waals surface area contributed by atoms with Gasteiger partial charge < -0.3 is 20.6 Å². The van der Waals surface area contributed by atoms with Crippen LogP contribution in [0.25, 0.3) is 0 Å². The van der Waals surface area contributed by atoms with Gasteiger partial charge in [-0.15, -0.1) is 0 Å². The van der Waals surface area contributed by atoms with Gasteiger partial charge in [0.15, 0.2) is 0 Å². The highest BCUT2D eigenvalue weighted by molar-refractivity contribution is 5.67. The van der Waals surface area contributed by atoms with Gasteiger partial charge in [-0.1, -0.05) is 38.1 Å². The lowest BCUT2D eigenvalue weighted by Crippen LogP contribution is -2.38. The fourth-order valence-electron chi connectivity index (χ4n) is 2.22. The number of carboxylic acid groups (broad SMARTS) is 1. The van der Waals surface area contributed by atoms with E-state index < -0.39 is 18.1 Å². The zero-order valence-corrected chi connectivity index (χ0v) is 12.6. The van der Waals surface area contributed by atoms with Crippen molar-refractivity contribution in [3.05, 3.63) is 35.4 Å². The molecule has 5 heteroatoms. The maximum absolute atomic E-state index is 10.9. The molecule has 4 N–H and O–H groups in total. The lowest BCUT2D eigenvalue weighted by atomic mass is 9.94. The highest BCUT2D eigenvalue weighted by atomic mass is 16.4. The van der Waals surface area contributed by atoms with Crippen molar-refractivity contribution in [3.8, 4) is 0 Å². The zero-order chi connectivity index (χ0) is 15.8. The molecule has 0 aliphatic rings. The molecule has 0 fully saturated rings. The molecule has 0 spiro atoms. The topological polar surface area (TPSA) is 89.8 Å². The molecule has 1 aromatic rings. The first-order valence-corrected chi connectivity index (χ1v) is 7.33. The quantitative estimate of drug-likeness (QED) is 0.556. The number of nitrogens with one attached hydrogen (secondary N) is 1. The Balaban J connectivity index is 2.81. The Bertz CT molecular complexity index is 432. The number of aliphatic carboxylic acids is 1. The highest BCUT2D eigenvalue weighted by Gasteiger charge is 2.23. The molecule has 21 heavy (non-hydrogen) atoms. The molecule has 0 bridgehead atoms. The van der Waals surface area contributed by atoms with Gasteiger partial charge >= 0.3 is 5.97 Å². The Kier molecular flexibility index (Phi) is 7.36. The summed E-state index contributed by atoms with van der Waals surface area (Å²) in [7, 11) is 0. The molecular formula is C16H25NO4. The van der Waals surface area contributed by atoms with Crippen molar-refractivity contribution in [3.63, 3.8) is 0 Å². The van der Waals surface area contributed by atoms with Crippen molar-refractivity contribution >= 4 is 5.97 Å². The second kappa shape index (κ2) is 8.77. The highest BCUT2D eigenvalue weighted by Crippen LogP contribution is 2.23. The number of aliphatic hydroxyl groups is 2. The van der Waals surface area contributed by atoms with Crippen LogP contribution in [0.15, 0.2) is 24.3 Å². The predicted molar refractivity (Wildman–Crippen MR) is 81.2 cm³/mol. The third-order valence-electron chi connectivity index (χ3n) is 3.75. The van der Waals surface area contributed by atoms with E-state index in [2.05, 4.69) is 19.2 Å². The summed E-state index contributed by atoms with van der Waals surface area (Å²) in [5.41, 5.74) is 1.88. The third kappa shape index (κ3) is 5.46. The molecule has 1 rings (SSSR count). The summed E-state index contributed by atoms with van der Waals surface area (Å²) in [6, 6.07) is 6.99. The summed E-state index contributed by atoms with van der Waals surface area (Å²) in [6.07, 6.45) is -0.0748. The van der Waals surface area contributed by atoms with Gasteiger partial charge in [-0.25, -0.2) is 0 Å². The van der Waals surface area contributed by atoms with Gasteiger partial charge in [0.05, 0.1) is 19.1 Å². The van der Waals surface area contributed by atoms with Crippen LogP contribution in [0.2, 0.25) is 0 Å². The van der Waals surface area contributed by atoms with Crippen LogP contribution in [0.5, 0.6) is 0 Å². The average molecular weight is 295 g/mol. The molecular weight excluding hydrogens is 270 g/mol. The molecule has 0 radical (unpaired) electrons. The van der Waals surface area contributed by atoms with Crippen LogP contribution in [-0.2, 0) is 4.79 Å². The van der Waals surface area contributed by atoms with E-state index in [1.54, 1.807) is 0 Å². The summed E-state index contributed by atoms with van der Waals surface area (Å²) in [4.78, 5) is 10.9. The second-order valence-corrected chi connectivity index (χ2v) is 5.30. The monoisotopic (exact) mass is 295 g/mol. The number of hydrogen-bond donors (Lipinski definition) is 4. The Hall–Kier alpha value is -1.43. The van der Waals surface area contributed by atoms with E-state index in [1.807, 2.05) is 24.3 Å². The molecule has 0 aromatic heterocycles. The van der Waals surface area contributed by atoms with Crippen LogP contribution < -0.4 is 5.32 Å². The lowest BCUT2D eigenvalue weighted by Gasteiger charge is -2.23. The minimum absolute atomic E-state index is 0.101. The molecule has 0 amide bonds. The number of carboxylic acids is 1. The molecule has 0 aliphatic carbocycles. The predicted octanol–water partition coefficient (Wildman–Crippen LogP) is 1.66. The number of aliphatic hydroxyl groups excluding tert-OH is 2. The number of rotatable bonds is 9. The Labute approximate surface area is 125 Å². The summed E-state index contributed by atoms with van der Waals surface area (Å²) in [6.45, 7) is 4.41.